The molecule has 1 aromatic rings. The lowest BCUT2D eigenvalue weighted by atomic mass is 10.2. The number of nitrogens with zero attached hydrogens (tertiary/aromatic N) is 3. The van der Waals surface area contributed by atoms with Crippen molar-refractivity contribution in [1.29, 1.82) is 0 Å². The summed E-state index contributed by atoms with van der Waals surface area (Å²) in [6.45, 7) is 0. The number of nitrogens with one attached hydrogen (secondary N) is 2. The van der Waals surface area contributed by atoms with Crippen LogP contribution < -0.4 is 5.32 Å². The van der Waals surface area contributed by atoms with Crippen LogP contribution in [0.5, 0.6) is 0 Å². The average Bonchev–Trinajstić information content (AvgIpc) is 2.56. The summed E-state index contributed by atoms with van der Waals surface area (Å²) in [6, 6.07) is 0. The second kappa shape index (κ2) is 1.97. The number of anilines is 1. The molecule has 0 spiro atoms. The monoisotopic (exact) mass is 165 g/mol. The van der Waals surface area contributed by atoms with Crippen LogP contribution in [0.25, 0.3) is 0 Å². The van der Waals surface area contributed by atoms with E-state index in [9.17, 15) is 0 Å². The molecule has 2 N–H and O–H groups in total. The van der Waals surface area contributed by atoms with E-state index in [0.717, 1.165) is 5.92 Å². The molecule has 1 heterocycles. The third-order valence-corrected chi connectivity index (χ3v) is 3.11. The van der Waals surface area contributed by atoms with Gasteiger partial charge >= 0.3 is 0 Å². The number of aromatic nitrogens is 4. The van der Waals surface area contributed by atoms with E-state index in [1.165, 1.54) is 25.7 Å². The zero-order valence-electron chi connectivity index (χ0n) is 6.75. The molecule has 12 heavy (non-hydrogen) atoms. The number of tetrazole rings is 1. The van der Waals surface area contributed by atoms with Gasteiger partial charge in [0.05, 0.1) is 0 Å². The minimum atomic E-state index is 0.351. The maximum absolute atomic E-state index is 3.89. The van der Waals surface area contributed by atoms with Crippen molar-refractivity contribution in [2.45, 2.75) is 31.2 Å². The Hall–Kier alpha value is -1.13. The van der Waals surface area contributed by atoms with Crippen LogP contribution >= 0.6 is 0 Å². The van der Waals surface area contributed by atoms with Gasteiger partial charge in [-0.2, -0.15) is 5.21 Å². The normalized spacial score (nSPS) is 37.8. The standard InChI is InChI=1S/C7H11N5/c1-2-5-4-7(5,3-1)8-6-9-11-12-10-6/h5H,1-4H2,(H2,8,9,10,11,12). The molecule has 1 aromatic heterocycles. The van der Waals surface area contributed by atoms with Crippen LogP contribution in [0.4, 0.5) is 5.95 Å². The summed E-state index contributed by atoms with van der Waals surface area (Å²) in [5, 5.41) is 17.1. The van der Waals surface area contributed by atoms with Gasteiger partial charge < -0.3 is 5.32 Å². The maximum atomic E-state index is 3.89. The smallest absolute Gasteiger partial charge is 0.263 e. The van der Waals surface area contributed by atoms with E-state index in [0.29, 0.717) is 11.5 Å². The topological polar surface area (TPSA) is 66.5 Å². The van der Waals surface area contributed by atoms with Crippen LogP contribution in [0.3, 0.4) is 0 Å². The van der Waals surface area contributed by atoms with E-state index in [2.05, 4.69) is 25.9 Å². The van der Waals surface area contributed by atoms with Gasteiger partial charge in [-0.05, 0) is 30.4 Å². The van der Waals surface area contributed by atoms with Crippen LogP contribution in [-0.4, -0.2) is 26.2 Å². The molecule has 0 aromatic carbocycles. The number of H-pyrrole nitrogens is 1. The van der Waals surface area contributed by atoms with Gasteiger partial charge in [-0.1, -0.05) is 11.5 Å². The van der Waals surface area contributed by atoms with Crippen LogP contribution in [0, 0.1) is 5.92 Å². The lowest BCUT2D eigenvalue weighted by Gasteiger charge is -2.11. The molecule has 2 aliphatic rings. The SMILES string of the molecule is C1CC2CC2(Nc2nn[nH]n2)C1. The van der Waals surface area contributed by atoms with E-state index in [4.69, 9.17) is 0 Å². The number of hydrogen-bond acceptors (Lipinski definition) is 4. The molecular formula is C7H11N5. The third-order valence-electron chi connectivity index (χ3n) is 3.11. The van der Waals surface area contributed by atoms with Gasteiger partial charge in [0, 0.05) is 5.54 Å². The fraction of sp³-hybridized carbons (Fsp3) is 0.857. The Morgan fingerprint density at radius 1 is 1.58 bits per heavy atom. The number of fused-ring (bicyclic) bond motifs is 1. The Kier molecular flexibility index (Phi) is 1.05. The summed E-state index contributed by atoms with van der Waals surface area (Å²) >= 11 is 0. The molecule has 2 fully saturated rings. The first kappa shape index (κ1) is 6.39. The summed E-state index contributed by atoms with van der Waals surface area (Å²) in [5.74, 6) is 1.52. The minimum Gasteiger partial charge on any atom is -0.346 e. The van der Waals surface area contributed by atoms with Crippen LogP contribution in [-0.2, 0) is 0 Å². The highest BCUT2D eigenvalue weighted by Crippen LogP contribution is 2.57. The quantitative estimate of drug-likeness (QED) is 0.671. The van der Waals surface area contributed by atoms with Crippen molar-refractivity contribution in [3.63, 3.8) is 0 Å². The Balaban J connectivity index is 1.77. The molecule has 0 amide bonds. The molecule has 3 rings (SSSR count). The highest BCUT2D eigenvalue weighted by molar-refractivity contribution is 5.34. The average molecular weight is 165 g/mol. The van der Waals surface area contributed by atoms with Crippen molar-refractivity contribution >= 4 is 5.95 Å². The number of aromatic amines is 1. The molecule has 0 saturated heterocycles. The fourth-order valence-corrected chi connectivity index (χ4v) is 2.38. The summed E-state index contributed by atoms with van der Waals surface area (Å²) in [6.07, 6.45) is 5.27. The van der Waals surface area contributed by atoms with Gasteiger partial charge in [-0.25, -0.2) is 0 Å². The van der Waals surface area contributed by atoms with Crippen molar-refractivity contribution in [1.82, 2.24) is 20.6 Å². The molecule has 2 atom stereocenters. The van der Waals surface area contributed by atoms with Gasteiger partial charge in [0.1, 0.15) is 0 Å². The lowest BCUT2D eigenvalue weighted by molar-refractivity contribution is 0.682. The zero-order valence-corrected chi connectivity index (χ0v) is 6.75. The first-order valence-corrected chi connectivity index (χ1v) is 4.41. The van der Waals surface area contributed by atoms with Crippen LogP contribution in [0.2, 0.25) is 0 Å². The molecule has 0 radical (unpaired) electrons. The zero-order chi connectivity index (χ0) is 8.02. The van der Waals surface area contributed by atoms with E-state index in [-0.39, 0.29) is 0 Å². The molecule has 2 unspecified atom stereocenters. The van der Waals surface area contributed by atoms with Gasteiger partial charge in [0.25, 0.3) is 5.95 Å². The molecule has 2 saturated carbocycles. The van der Waals surface area contributed by atoms with E-state index in [1.807, 2.05) is 0 Å². The fourth-order valence-electron chi connectivity index (χ4n) is 2.38. The first-order valence-electron chi connectivity index (χ1n) is 4.41. The Bertz CT molecular complexity index is 282. The first-order chi connectivity index (χ1) is 5.89. The second-order valence-corrected chi connectivity index (χ2v) is 3.81. The van der Waals surface area contributed by atoms with Gasteiger partial charge in [0.2, 0.25) is 0 Å². The largest absolute Gasteiger partial charge is 0.346 e. The van der Waals surface area contributed by atoms with E-state index >= 15 is 0 Å². The molecule has 2 aliphatic carbocycles. The lowest BCUT2D eigenvalue weighted by Crippen LogP contribution is -2.21. The van der Waals surface area contributed by atoms with Gasteiger partial charge in [0.15, 0.2) is 0 Å². The molecule has 64 valence electrons. The third kappa shape index (κ3) is 0.761. The Labute approximate surface area is 69.9 Å². The molecule has 5 heteroatoms. The van der Waals surface area contributed by atoms with Crippen molar-refractivity contribution in [2.24, 2.45) is 5.92 Å². The second-order valence-electron chi connectivity index (χ2n) is 3.81. The van der Waals surface area contributed by atoms with Crippen LogP contribution in [0.1, 0.15) is 25.7 Å². The highest BCUT2D eigenvalue weighted by atomic mass is 15.5. The predicted molar refractivity (Wildman–Crippen MR) is 42.5 cm³/mol. The van der Waals surface area contributed by atoms with Crippen molar-refractivity contribution in [2.75, 3.05) is 5.32 Å². The summed E-state index contributed by atoms with van der Waals surface area (Å²) in [5.41, 5.74) is 0.351. The van der Waals surface area contributed by atoms with Crippen molar-refractivity contribution in [3.8, 4) is 0 Å². The highest BCUT2D eigenvalue weighted by Gasteiger charge is 2.57. The Morgan fingerprint density at radius 2 is 2.58 bits per heavy atom. The molecule has 0 aliphatic heterocycles. The number of hydrogen-bond donors (Lipinski definition) is 2. The summed E-state index contributed by atoms with van der Waals surface area (Å²) in [7, 11) is 0. The van der Waals surface area contributed by atoms with E-state index in [1.54, 1.807) is 0 Å². The van der Waals surface area contributed by atoms with E-state index < -0.39 is 0 Å². The Morgan fingerprint density at radius 3 is 3.17 bits per heavy atom. The van der Waals surface area contributed by atoms with Gasteiger partial charge in [-0.3, -0.25) is 0 Å². The molecule has 5 nitrogen and oxygen atoms in total. The summed E-state index contributed by atoms with van der Waals surface area (Å²) in [4.78, 5) is 0. The number of rotatable bonds is 2. The predicted octanol–water partition coefficient (Wildman–Crippen LogP) is 0.554. The van der Waals surface area contributed by atoms with Crippen molar-refractivity contribution in [3.05, 3.63) is 0 Å². The van der Waals surface area contributed by atoms with Crippen molar-refractivity contribution < 1.29 is 0 Å². The van der Waals surface area contributed by atoms with Gasteiger partial charge in [-0.15, -0.1) is 5.10 Å². The summed E-state index contributed by atoms with van der Waals surface area (Å²) < 4.78 is 0. The molecule has 0 bridgehead atoms. The minimum absolute atomic E-state index is 0.351. The maximum Gasteiger partial charge on any atom is 0.263 e. The molecular weight excluding hydrogens is 154 g/mol. The van der Waals surface area contributed by atoms with Crippen LogP contribution in [0.15, 0.2) is 0 Å².